The number of aromatic nitrogens is 2. The Morgan fingerprint density at radius 2 is 1.85 bits per heavy atom. The number of para-hydroxylation sites is 2. The summed E-state index contributed by atoms with van der Waals surface area (Å²) in [6.45, 7) is 0. The number of imidazole rings is 1. The van der Waals surface area contributed by atoms with Crippen LogP contribution in [-0.4, -0.2) is 22.9 Å². The molecule has 3 aromatic rings. The molecule has 0 aliphatic carbocycles. The highest BCUT2D eigenvalue weighted by Crippen LogP contribution is 2.34. The summed E-state index contributed by atoms with van der Waals surface area (Å²) in [5.74, 6) is 0. The van der Waals surface area contributed by atoms with Crippen LogP contribution in [-0.2, 0) is 17.1 Å². The maximum Gasteiger partial charge on any atom is 0.289 e. The Hall–Kier alpha value is -2.85. The number of benzene rings is 2. The molecule has 1 aromatic heterocycles. The van der Waals surface area contributed by atoms with Gasteiger partial charge in [-0.05, 0) is 30.0 Å². The number of aryl methyl sites for hydroxylation is 1. The molecule has 0 aliphatic heterocycles. The molecule has 26 heavy (non-hydrogen) atoms. The summed E-state index contributed by atoms with van der Waals surface area (Å²) in [7, 11) is -2.30. The number of nitro benzene ring substituents is 1. The van der Waals surface area contributed by atoms with E-state index in [1.165, 1.54) is 30.0 Å². The monoisotopic (exact) mass is 390 g/mol. The van der Waals surface area contributed by atoms with Gasteiger partial charge in [-0.1, -0.05) is 24.3 Å². The van der Waals surface area contributed by atoms with Gasteiger partial charge in [0.25, 0.3) is 15.7 Å². The van der Waals surface area contributed by atoms with Crippen LogP contribution in [0.1, 0.15) is 0 Å². The summed E-state index contributed by atoms with van der Waals surface area (Å²) in [6, 6.07) is 12.0. The quantitative estimate of drug-likeness (QED) is 0.511. The normalized spacial score (nSPS) is 11.3. The second-order valence-electron chi connectivity index (χ2n) is 5.25. The van der Waals surface area contributed by atoms with Crippen molar-refractivity contribution in [1.29, 1.82) is 0 Å². The molecule has 1 N–H and O–H groups in total. The first-order valence-corrected chi connectivity index (χ1v) is 9.69. The number of sulfonamides is 1. The van der Waals surface area contributed by atoms with Crippen LogP contribution in [0.3, 0.4) is 0 Å². The maximum atomic E-state index is 12.7. The minimum absolute atomic E-state index is 0.318. The molecular formula is C16H14N4O4S2. The van der Waals surface area contributed by atoms with Crippen LogP contribution in [0, 0.1) is 10.1 Å². The lowest BCUT2D eigenvalue weighted by atomic mass is 10.3. The molecule has 0 amide bonds. The van der Waals surface area contributed by atoms with Crippen molar-refractivity contribution >= 4 is 33.2 Å². The minimum atomic E-state index is -4.13. The lowest BCUT2D eigenvalue weighted by molar-refractivity contribution is -0.387. The Balaban J connectivity index is 1.97. The van der Waals surface area contributed by atoms with Crippen LogP contribution in [0.5, 0.6) is 0 Å². The van der Waals surface area contributed by atoms with Crippen molar-refractivity contribution in [2.75, 3.05) is 4.72 Å². The number of anilines is 1. The van der Waals surface area contributed by atoms with Gasteiger partial charge in [0, 0.05) is 30.4 Å². The zero-order valence-electron chi connectivity index (χ0n) is 13.6. The first-order chi connectivity index (χ1) is 12.4. The fourth-order valence-corrected chi connectivity index (χ4v) is 4.43. The third-order valence-corrected chi connectivity index (χ3v) is 6.03. The van der Waals surface area contributed by atoms with E-state index in [2.05, 4.69) is 9.71 Å². The first-order valence-electron chi connectivity index (χ1n) is 7.39. The molecule has 0 aliphatic rings. The van der Waals surface area contributed by atoms with Gasteiger partial charge in [-0.15, -0.1) is 0 Å². The van der Waals surface area contributed by atoms with Gasteiger partial charge in [0.1, 0.15) is 0 Å². The van der Waals surface area contributed by atoms with E-state index in [0.717, 1.165) is 6.07 Å². The van der Waals surface area contributed by atoms with Crippen molar-refractivity contribution in [2.45, 2.75) is 14.9 Å². The summed E-state index contributed by atoms with van der Waals surface area (Å²) < 4.78 is 29.6. The molecule has 8 nitrogen and oxygen atoms in total. The lowest BCUT2D eigenvalue weighted by Gasteiger charge is -2.12. The van der Waals surface area contributed by atoms with E-state index < -0.39 is 20.6 Å². The van der Waals surface area contributed by atoms with Crippen molar-refractivity contribution < 1.29 is 13.3 Å². The minimum Gasteiger partial charge on any atom is -0.329 e. The van der Waals surface area contributed by atoms with Gasteiger partial charge in [-0.2, -0.15) is 0 Å². The van der Waals surface area contributed by atoms with Crippen molar-refractivity contribution in [2.24, 2.45) is 7.05 Å². The molecule has 0 spiro atoms. The van der Waals surface area contributed by atoms with Gasteiger partial charge in [0.15, 0.2) is 10.1 Å². The second kappa shape index (κ2) is 7.18. The number of rotatable bonds is 6. The van der Waals surface area contributed by atoms with Crippen LogP contribution in [0.4, 0.5) is 11.4 Å². The smallest absolute Gasteiger partial charge is 0.289 e. The summed E-state index contributed by atoms with van der Waals surface area (Å²) in [4.78, 5) is 14.9. The van der Waals surface area contributed by atoms with Crippen molar-refractivity contribution in [3.63, 3.8) is 0 Å². The molecule has 2 aromatic carbocycles. The molecule has 0 fully saturated rings. The standard InChI is InChI=1S/C16H14N4O4S2/c1-19-11-10-17-16(19)25-14-8-4-2-6-12(14)18-26(23,24)15-9-5-3-7-13(15)20(21)22/h2-11,18H,1H3. The molecular weight excluding hydrogens is 376 g/mol. The maximum absolute atomic E-state index is 12.7. The summed E-state index contributed by atoms with van der Waals surface area (Å²) >= 11 is 1.28. The van der Waals surface area contributed by atoms with E-state index in [1.807, 2.05) is 7.05 Å². The number of nitro groups is 1. The Morgan fingerprint density at radius 1 is 1.15 bits per heavy atom. The number of hydrogen-bond donors (Lipinski definition) is 1. The highest BCUT2D eigenvalue weighted by atomic mass is 32.2. The molecule has 134 valence electrons. The van der Waals surface area contributed by atoms with E-state index in [9.17, 15) is 18.5 Å². The molecule has 0 radical (unpaired) electrons. The highest BCUT2D eigenvalue weighted by Gasteiger charge is 2.26. The Bertz CT molecular complexity index is 1060. The molecule has 0 bridgehead atoms. The predicted octanol–water partition coefficient (Wildman–Crippen LogP) is 3.28. The van der Waals surface area contributed by atoms with E-state index in [0.29, 0.717) is 15.7 Å². The highest BCUT2D eigenvalue weighted by molar-refractivity contribution is 7.99. The van der Waals surface area contributed by atoms with Gasteiger partial charge in [0.2, 0.25) is 0 Å². The number of hydrogen-bond acceptors (Lipinski definition) is 6. The van der Waals surface area contributed by atoms with Crippen LogP contribution in [0.15, 0.2) is 75.9 Å². The summed E-state index contributed by atoms with van der Waals surface area (Å²) in [5.41, 5.74) is -0.159. The van der Waals surface area contributed by atoms with Crippen LogP contribution in [0.2, 0.25) is 0 Å². The third-order valence-electron chi connectivity index (χ3n) is 3.46. The average molecular weight is 390 g/mol. The first kappa shape index (κ1) is 18.0. The molecule has 1 heterocycles. The molecule has 0 saturated heterocycles. The van der Waals surface area contributed by atoms with Gasteiger partial charge < -0.3 is 4.57 Å². The molecule has 0 unspecified atom stereocenters. The molecule has 0 saturated carbocycles. The summed E-state index contributed by atoms with van der Waals surface area (Å²) in [6.07, 6.45) is 3.42. The average Bonchev–Trinajstić information content (AvgIpc) is 3.01. The zero-order valence-corrected chi connectivity index (χ0v) is 15.2. The fraction of sp³-hybridized carbons (Fsp3) is 0.0625. The Labute approximate surface area is 154 Å². The third kappa shape index (κ3) is 3.70. The Morgan fingerprint density at radius 3 is 2.54 bits per heavy atom. The zero-order chi connectivity index (χ0) is 18.7. The van der Waals surface area contributed by atoms with E-state index in [1.54, 1.807) is 41.2 Å². The summed E-state index contributed by atoms with van der Waals surface area (Å²) in [5, 5.41) is 11.8. The van der Waals surface area contributed by atoms with Crippen molar-refractivity contribution in [3.8, 4) is 0 Å². The van der Waals surface area contributed by atoms with Gasteiger partial charge >= 0.3 is 0 Å². The Kier molecular flexibility index (Phi) is 4.96. The van der Waals surface area contributed by atoms with E-state index >= 15 is 0 Å². The predicted molar refractivity (Wildman–Crippen MR) is 97.7 cm³/mol. The topological polar surface area (TPSA) is 107 Å². The second-order valence-corrected chi connectivity index (χ2v) is 7.91. The SMILES string of the molecule is Cn1ccnc1Sc1ccccc1NS(=O)(=O)c1ccccc1[N+](=O)[O-]. The van der Waals surface area contributed by atoms with Crippen molar-refractivity contribution in [3.05, 3.63) is 71.0 Å². The van der Waals surface area contributed by atoms with Gasteiger partial charge in [0.05, 0.1) is 10.6 Å². The molecule has 0 atom stereocenters. The fourth-order valence-electron chi connectivity index (χ4n) is 2.22. The van der Waals surface area contributed by atoms with Gasteiger partial charge in [-0.25, -0.2) is 13.4 Å². The number of nitrogens with zero attached hydrogens (tertiary/aromatic N) is 3. The molecule has 10 heteroatoms. The van der Waals surface area contributed by atoms with Crippen molar-refractivity contribution in [1.82, 2.24) is 9.55 Å². The molecule has 3 rings (SSSR count). The van der Waals surface area contributed by atoms with Crippen LogP contribution in [0.25, 0.3) is 0 Å². The van der Waals surface area contributed by atoms with Crippen LogP contribution < -0.4 is 4.72 Å². The largest absolute Gasteiger partial charge is 0.329 e. The van der Waals surface area contributed by atoms with E-state index in [-0.39, 0.29) is 4.90 Å². The number of nitrogens with one attached hydrogen (secondary N) is 1. The lowest BCUT2D eigenvalue weighted by Crippen LogP contribution is -2.15. The van der Waals surface area contributed by atoms with E-state index in [4.69, 9.17) is 0 Å². The van der Waals surface area contributed by atoms with Gasteiger partial charge in [-0.3, -0.25) is 14.8 Å². The van der Waals surface area contributed by atoms with Crippen LogP contribution >= 0.6 is 11.8 Å².